The number of rotatable bonds is 5. The van der Waals surface area contributed by atoms with E-state index in [1.807, 2.05) is 0 Å². The second-order valence-electron chi connectivity index (χ2n) is 7.04. The molecule has 2 N–H and O–H groups in total. The molecule has 1 saturated carbocycles. The number of amidine groups is 1. The van der Waals surface area contributed by atoms with E-state index in [2.05, 4.69) is 15.5 Å². The number of hydrogen-bond donors (Lipinski definition) is 2. The molecule has 0 saturated heterocycles. The number of carbonyl (C=O) groups is 1. The quantitative estimate of drug-likeness (QED) is 0.398. The molecule has 1 aliphatic heterocycles. The van der Waals surface area contributed by atoms with E-state index in [0.717, 1.165) is 0 Å². The van der Waals surface area contributed by atoms with Gasteiger partial charge in [-0.05, 0) is 30.3 Å². The lowest BCUT2D eigenvalue weighted by molar-refractivity contribution is -0.331. The maximum atomic E-state index is 13.7. The third-order valence-corrected chi connectivity index (χ3v) is 5.36. The summed E-state index contributed by atoms with van der Waals surface area (Å²) in [5.74, 6) is -11.5. The molecule has 0 aromatic heterocycles. The second-order valence-corrected chi connectivity index (χ2v) is 7.45. The van der Waals surface area contributed by atoms with Crippen LogP contribution < -0.4 is 5.43 Å². The first kappa shape index (κ1) is 21.3. The number of carbonyl (C=O) groups excluding carboxylic acids is 1. The average Bonchev–Trinajstić information content (AvgIpc) is 3.12. The summed E-state index contributed by atoms with van der Waals surface area (Å²) in [6.45, 7) is 0. The molecule has 162 valence electrons. The van der Waals surface area contributed by atoms with Crippen LogP contribution in [0.25, 0.3) is 0 Å². The van der Waals surface area contributed by atoms with Crippen molar-refractivity contribution in [3.63, 3.8) is 0 Å². The van der Waals surface area contributed by atoms with E-state index in [0.29, 0.717) is 5.56 Å². The van der Waals surface area contributed by atoms with Gasteiger partial charge in [-0.15, -0.1) is 5.10 Å². The Morgan fingerprint density at radius 1 is 1.19 bits per heavy atom. The molecule has 11 heteroatoms. The van der Waals surface area contributed by atoms with Gasteiger partial charge >= 0.3 is 17.8 Å². The van der Waals surface area contributed by atoms with Crippen molar-refractivity contribution in [2.75, 3.05) is 5.43 Å². The molecule has 4 rings (SSSR count). The summed E-state index contributed by atoms with van der Waals surface area (Å²) in [6.07, 6.45) is -3.09. The van der Waals surface area contributed by atoms with Crippen LogP contribution in [0.1, 0.15) is 23.7 Å². The first-order valence-electron chi connectivity index (χ1n) is 9.03. The van der Waals surface area contributed by atoms with E-state index in [1.54, 1.807) is 30.3 Å². The van der Waals surface area contributed by atoms with Crippen LogP contribution in [-0.4, -0.2) is 34.7 Å². The summed E-state index contributed by atoms with van der Waals surface area (Å²) in [7, 11) is 0. The van der Waals surface area contributed by atoms with Crippen LogP contribution in [0.5, 0.6) is 0 Å². The zero-order valence-corrected chi connectivity index (χ0v) is 16.3. The highest BCUT2D eigenvalue weighted by Crippen LogP contribution is 2.59. The molecular formula is C20H14ClF4N3O3. The third-order valence-electron chi connectivity index (χ3n) is 5.02. The number of aliphatic imine (C=N–C) groups is 1. The highest BCUT2D eigenvalue weighted by atomic mass is 35.5. The highest BCUT2D eigenvalue weighted by Gasteiger charge is 2.73. The monoisotopic (exact) mass is 455 g/mol. The number of anilines is 1. The van der Waals surface area contributed by atoms with Gasteiger partial charge in [0.15, 0.2) is 0 Å². The Kier molecular flexibility index (Phi) is 5.22. The van der Waals surface area contributed by atoms with Crippen molar-refractivity contribution in [2.45, 2.75) is 24.4 Å². The van der Waals surface area contributed by atoms with Crippen LogP contribution in [0.15, 0.2) is 58.6 Å². The van der Waals surface area contributed by atoms with E-state index in [1.165, 1.54) is 18.2 Å². The Morgan fingerprint density at radius 3 is 2.55 bits per heavy atom. The normalized spacial score (nSPS) is 23.7. The summed E-state index contributed by atoms with van der Waals surface area (Å²) in [5, 5.41) is 14.0. The molecule has 0 bridgehead atoms. The molecule has 1 heterocycles. The number of esters is 1. The number of hydrogen-bond acceptors (Lipinski definition) is 5. The van der Waals surface area contributed by atoms with E-state index < -0.39 is 36.3 Å². The molecule has 0 amide bonds. The fraction of sp³-hybridized carbons (Fsp3) is 0.250. The Bertz CT molecular complexity index is 1090. The number of ether oxygens (including phenoxy) is 1. The minimum atomic E-state index is -4.35. The fourth-order valence-electron chi connectivity index (χ4n) is 3.24. The first-order valence-corrected chi connectivity index (χ1v) is 9.41. The lowest BCUT2D eigenvalue weighted by atomic mass is 9.71. The average molecular weight is 456 g/mol. The predicted molar refractivity (Wildman–Crippen MR) is 105 cm³/mol. The fourth-order valence-corrected chi connectivity index (χ4v) is 3.47. The minimum absolute atomic E-state index is 0.0616. The SMILES string of the molecule is O=C1OC(c2ccccc2)=NC1=NNc1ccc(Cl)c(C(O)C2CC(F)(F)C2(F)F)c1. The highest BCUT2D eigenvalue weighted by molar-refractivity contribution is 6.43. The second kappa shape index (κ2) is 7.61. The molecule has 2 aromatic carbocycles. The molecule has 1 fully saturated rings. The molecular weight excluding hydrogens is 442 g/mol. The Morgan fingerprint density at radius 2 is 1.90 bits per heavy atom. The van der Waals surface area contributed by atoms with Gasteiger partial charge in [0.1, 0.15) is 0 Å². The number of aliphatic hydroxyl groups is 1. The number of alkyl halides is 4. The Hall–Kier alpha value is -2.98. The van der Waals surface area contributed by atoms with Crippen molar-refractivity contribution in [3.05, 3.63) is 64.7 Å². The zero-order chi connectivity index (χ0) is 22.4. The molecule has 1 aliphatic carbocycles. The van der Waals surface area contributed by atoms with Crippen molar-refractivity contribution >= 4 is 35.0 Å². The number of cyclic esters (lactones) is 1. The summed E-state index contributed by atoms with van der Waals surface area (Å²) in [6, 6.07) is 12.5. The molecule has 6 nitrogen and oxygen atoms in total. The van der Waals surface area contributed by atoms with Crippen LogP contribution in [-0.2, 0) is 9.53 Å². The van der Waals surface area contributed by atoms with Crippen molar-refractivity contribution in [1.82, 2.24) is 0 Å². The maximum Gasteiger partial charge on any atom is 0.385 e. The number of aliphatic hydroxyl groups excluding tert-OH is 1. The largest absolute Gasteiger partial charge is 0.401 e. The van der Waals surface area contributed by atoms with Gasteiger partial charge in [0.2, 0.25) is 5.90 Å². The molecule has 0 radical (unpaired) electrons. The molecule has 0 spiro atoms. The minimum Gasteiger partial charge on any atom is -0.401 e. The molecule has 2 unspecified atom stereocenters. The molecule has 31 heavy (non-hydrogen) atoms. The van der Waals surface area contributed by atoms with Crippen LogP contribution in [0.3, 0.4) is 0 Å². The Labute approximate surface area is 178 Å². The number of halogens is 5. The molecule has 2 aromatic rings. The summed E-state index contributed by atoms with van der Waals surface area (Å²) >= 11 is 5.97. The van der Waals surface area contributed by atoms with Crippen LogP contribution in [0.4, 0.5) is 23.2 Å². The van der Waals surface area contributed by atoms with Gasteiger partial charge in [-0.25, -0.2) is 4.79 Å². The number of nitrogens with zero attached hydrogens (tertiary/aromatic N) is 2. The van der Waals surface area contributed by atoms with Crippen molar-refractivity contribution in [2.24, 2.45) is 16.0 Å². The number of hydrazone groups is 1. The van der Waals surface area contributed by atoms with Gasteiger partial charge in [-0.1, -0.05) is 29.8 Å². The van der Waals surface area contributed by atoms with Gasteiger partial charge < -0.3 is 9.84 Å². The van der Waals surface area contributed by atoms with Gasteiger partial charge in [0.25, 0.3) is 5.84 Å². The topological polar surface area (TPSA) is 83.3 Å². The van der Waals surface area contributed by atoms with E-state index in [4.69, 9.17) is 16.3 Å². The van der Waals surface area contributed by atoms with Gasteiger partial charge in [0, 0.05) is 22.6 Å². The van der Waals surface area contributed by atoms with Gasteiger partial charge in [-0.2, -0.15) is 22.6 Å². The van der Waals surface area contributed by atoms with E-state index >= 15 is 0 Å². The first-order chi connectivity index (χ1) is 14.6. The van der Waals surface area contributed by atoms with Crippen molar-refractivity contribution < 1.29 is 32.2 Å². The van der Waals surface area contributed by atoms with Gasteiger partial charge in [-0.3, -0.25) is 5.43 Å². The van der Waals surface area contributed by atoms with Crippen molar-refractivity contribution in [1.29, 1.82) is 0 Å². The summed E-state index contributed by atoms with van der Waals surface area (Å²) in [5.41, 5.74) is 3.06. The summed E-state index contributed by atoms with van der Waals surface area (Å²) < 4.78 is 58.6. The predicted octanol–water partition coefficient (Wildman–Crippen LogP) is 4.39. The standard InChI is InChI=1S/C20H14ClF4N3O3/c21-14-7-6-11(8-12(14)15(29)13-9-19(22,23)20(13,24)25)27-28-16-18(30)31-17(26-16)10-4-2-1-3-5-10/h1-8,13,15,27,29H,9H2. The molecule has 2 aliphatic rings. The lowest BCUT2D eigenvalue weighted by Crippen LogP contribution is -2.60. The molecule has 2 atom stereocenters. The maximum absolute atomic E-state index is 13.7. The van der Waals surface area contributed by atoms with Crippen LogP contribution in [0.2, 0.25) is 5.02 Å². The van der Waals surface area contributed by atoms with E-state index in [9.17, 15) is 27.5 Å². The lowest BCUT2D eigenvalue weighted by Gasteiger charge is -2.46. The van der Waals surface area contributed by atoms with Gasteiger partial charge in [0.05, 0.1) is 17.7 Å². The van der Waals surface area contributed by atoms with Crippen molar-refractivity contribution in [3.8, 4) is 0 Å². The number of benzene rings is 2. The third kappa shape index (κ3) is 3.77. The smallest absolute Gasteiger partial charge is 0.385 e. The summed E-state index contributed by atoms with van der Waals surface area (Å²) in [4.78, 5) is 15.9. The van der Waals surface area contributed by atoms with Crippen LogP contribution >= 0.6 is 11.6 Å². The Balaban J connectivity index is 1.53. The zero-order valence-electron chi connectivity index (χ0n) is 15.5. The van der Waals surface area contributed by atoms with Crippen LogP contribution in [0, 0.1) is 5.92 Å². The number of nitrogens with one attached hydrogen (secondary N) is 1. The van der Waals surface area contributed by atoms with E-state index in [-0.39, 0.29) is 28.0 Å².